The van der Waals surface area contributed by atoms with E-state index in [0.29, 0.717) is 0 Å². The summed E-state index contributed by atoms with van der Waals surface area (Å²) in [6.45, 7) is 11.5. The van der Waals surface area contributed by atoms with E-state index in [4.69, 9.17) is 0 Å². The molecule has 1 aliphatic rings. The first-order valence-electron chi connectivity index (χ1n) is 6.34. The highest BCUT2D eigenvalue weighted by Gasteiger charge is 2.15. The van der Waals surface area contributed by atoms with E-state index in [9.17, 15) is 0 Å². The van der Waals surface area contributed by atoms with E-state index in [1.54, 1.807) is 0 Å². The van der Waals surface area contributed by atoms with Crippen molar-refractivity contribution in [2.45, 2.75) is 57.8 Å². The smallest absolute Gasteiger partial charge is 0.0480 e. The molecule has 1 rings (SSSR count). The lowest BCUT2D eigenvalue weighted by Gasteiger charge is -2.22. The van der Waals surface area contributed by atoms with Gasteiger partial charge in [0.15, 0.2) is 0 Å². The second-order valence-electron chi connectivity index (χ2n) is 6.08. The monoisotopic (exact) mass is 222 g/mol. The van der Waals surface area contributed by atoms with Crippen molar-refractivity contribution in [3.63, 3.8) is 0 Å². The minimum atomic E-state index is -0.901. The summed E-state index contributed by atoms with van der Waals surface area (Å²) in [6, 6.07) is 1.29. The van der Waals surface area contributed by atoms with Crippen molar-refractivity contribution in [2.75, 3.05) is 0 Å². The molecule has 0 unspecified atom stereocenters. The van der Waals surface area contributed by atoms with Crippen LogP contribution < -0.4 is 0 Å². The van der Waals surface area contributed by atoms with Crippen molar-refractivity contribution in [2.24, 2.45) is 5.92 Å². The van der Waals surface area contributed by atoms with E-state index in [2.05, 4.69) is 38.4 Å². The molecule has 0 aromatic rings. The van der Waals surface area contributed by atoms with Gasteiger partial charge in [0, 0.05) is 8.07 Å². The third kappa shape index (κ3) is 5.36. The van der Waals surface area contributed by atoms with Gasteiger partial charge in [0.05, 0.1) is 0 Å². The highest BCUT2D eigenvalue weighted by molar-refractivity contribution is 6.76. The Hall–Kier alpha value is -0.303. The molecule has 1 fully saturated rings. The van der Waals surface area contributed by atoms with Gasteiger partial charge in [-0.1, -0.05) is 63.2 Å². The fraction of sp³-hybridized carbons (Fsp3) is 0.714. The minimum Gasteiger partial charge on any atom is -0.0956 e. The molecule has 0 radical (unpaired) electrons. The van der Waals surface area contributed by atoms with Crippen LogP contribution in [0.1, 0.15) is 32.1 Å². The molecule has 0 amide bonds. The topological polar surface area (TPSA) is 0 Å². The molecule has 0 aromatic carbocycles. The number of allylic oxidation sites excluding steroid dienone is 3. The Balaban J connectivity index is 2.34. The fourth-order valence-corrected chi connectivity index (χ4v) is 3.00. The van der Waals surface area contributed by atoms with Gasteiger partial charge in [0.25, 0.3) is 0 Å². The molecular weight excluding hydrogens is 196 g/mol. The second kappa shape index (κ2) is 5.69. The summed E-state index contributed by atoms with van der Waals surface area (Å²) in [5.74, 6) is 0.789. The zero-order valence-corrected chi connectivity index (χ0v) is 11.7. The predicted octanol–water partition coefficient (Wildman–Crippen LogP) is 5.02. The fourth-order valence-electron chi connectivity index (χ4n) is 2.17. The van der Waals surface area contributed by atoms with Gasteiger partial charge in [-0.3, -0.25) is 0 Å². The second-order valence-corrected chi connectivity index (χ2v) is 11.6. The van der Waals surface area contributed by atoms with E-state index >= 15 is 0 Å². The van der Waals surface area contributed by atoms with Gasteiger partial charge in [-0.25, -0.2) is 0 Å². The number of hydrogen-bond donors (Lipinski definition) is 0. The average Bonchev–Trinajstić information content (AvgIpc) is 2.17. The Labute approximate surface area is 96.5 Å². The quantitative estimate of drug-likeness (QED) is 0.463. The van der Waals surface area contributed by atoms with Crippen LogP contribution in [0.5, 0.6) is 0 Å². The van der Waals surface area contributed by atoms with Crippen molar-refractivity contribution < 1.29 is 0 Å². The van der Waals surface area contributed by atoms with Crippen LogP contribution >= 0.6 is 0 Å². The van der Waals surface area contributed by atoms with Crippen molar-refractivity contribution in [3.8, 4) is 0 Å². The summed E-state index contributed by atoms with van der Waals surface area (Å²) >= 11 is 0. The van der Waals surface area contributed by atoms with E-state index < -0.39 is 8.07 Å². The zero-order valence-electron chi connectivity index (χ0n) is 10.7. The van der Waals surface area contributed by atoms with Gasteiger partial charge >= 0.3 is 0 Å². The lowest BCUT2D eigenvalue weighted by molar-refractivity contribution is 0.409. The zero-order chi connectivity index (χ0) is 11.3. The maximum Gasteiger partial charge on any atom is 0.0480 e. The molecule has 0 bridgehead atoms. The highest BCUT2D eigenvalue weighted by Crippen LogP contribution is 2.29. The maximum atomic E-state index is 4.23. The van der Waals surface area contributed by atoms with Gasteiger partial charge in [0.1, 0.15) is 0 Å². The molecule has 1 heteroatoms. The summed E-state index contributed by atoms with van der Waals surface area (Å²) < 4.78 is 0. The molecule has 0 aromatic heterocycles. The van der Waals surface area contributed by atoms with Crippen molar-refractivity contribution >= 4 is 8.07 Å². The number of rotatable bonds is 4. The third-order valence-electron chi connectivity index (χ3n) is 3.19. The molecule has 0 heterocycles. The van der Waals surface area contributed by atoms with E-state index in [0.717, 1.165) is 5.92 Å². The van der Waals surface area contributed by atoms with Crippen molar-refractivity contribution in [1.82, 2.24) is 0 Å². The molecular formula is C14H26Si. The van der Waals surface area contributed by atoms with Crippen molar-refractivity contribution in [3.05, 3.63) is 24.3 Å². The van der Waals surface area contributed by atoms with Gasteiger partial charge < -0.3 is 0 Å². The Morgan fingerprint density at radius 1 is 1.20 bits per heavy atom. The lowest BCUT2D eigenvalue weighted by Crippen LogP contribution is -2.17. The molecule has 1 aliphatic carbocycles. The summed E-state index contributed by atoms with van der Waals surface area (Å²) in [6.07, 6.45) is 11.7. The predicted molar refractivity (Wildman–Crippen MR) is 73.0 cm³/mol. The molecule has 0 N–H and O–H groups in total. The first kappa shape index (κ1) is 12.8. The van der Waals surface area contributed by atoms with Crippen LogP contribution in [0.25, 0.3) is 0 Å². The normalized spacial score (nSPS) is 19.7. The molecule has 0 nitrogen and oxygen atoms in total. The summed E-state index contributed by atoms with van der Waals surface area (Å²) in [7, 11) is -0.901. The summed E-state index contributed by atoms with van der Waals surface area (Å²) in [5, 5.41) is 0. The van der Waals surface area contributed by atoms with Crippen LogP contribution in [-0.4, -0.2) is 8.07 Å². The highest BCUT2D eigenvalue weighted by atomic mass is 28.3. The van der Waals surface area contributed by atoms with E-state index in [-0.39, 0.29) is 0 Å². The minimum absolute atomic E-state index is 0.789. The van der Waals surface area contributed by atoms with E-state index in [1.807, 2.05) is 0 Å². The Morgan fingerprint density at radius 2 is 1.80 bits per heavy atom. The van der Waals surface area contributed by atoms with Gasteiger partial charge in [-0.15, -0.1) is 0 Å². The largest absolute Gasteiger partial charge is 0.0956 e. The first-order valence-corrected chi connectivity index (χ1v) is 10.0. The van der Waals surface area contributed by atoms with Crippen LogP contribution in [0.2, 0.25) is 25.7 Å². The van der Waals surface area contributed by atoms with E-state index in [1.165, 1.54) is 43.7 Å². The number of hydrogen-bond acceptors (Lipinski definition) is 0. The lowest BCUT2D eigenvalue weighted by atomic mass is 9.84. The van der Waals surface area contributed by atoms with Gasteiger partial charge in [0.2, 0.25) is 0 Å². The third-order valence-corrected chi connectivity index (χ3v) is 4.65. The molecule has 0 spiro atoms. The Kier molecular flexibility index (Phi) is 4.84. The van der Waals surface area contributed by atoms with Crippen LogP contribution in [0.15, 0.2) is 24.3 Å². The standard InChI is InChI=1S/C14H26Si/c1-13(9-8-12-15(2,3)4)14-10-6-5-7-11-14/h8-9,14H,1,5-7,10-12H2,2-4H3/b9-8+. The van der Waals surface area contributed by atoms with Crippen molar-refractivity contribution in [1.29, 1.82) is 0 Å². The Bertz CT molecular complexity index is 226. The SMILES string of the molecule is C=C(/C=C/C[Si](C)(C)C)C1CCCCC1. The summed E-state index contributed by atoms with van der Waals surface area (Å²) in [4.78, 5) is 0. The van der Waals surface area contributed by atoms with Gasteiger partial charge in [-0.2, -0.15) is 0 Å². The first-order chi connectivity index (χ1) is 6.99. The molecule has 86 valence electrons. The Morgan fingerprint density at radius 3 is 2.33 bits per heavy atom. The average molecular weight is 222 g/mol. The van der Waals surface area contributed by atoms with Crippen LogP contribution in [0.4, 0.5) is 0 Å². The van der Waals surface area contributed by atoms with Crippen LogP contribution in [-0.2, 0) is 0 Å². The molecule has 0 atom stereocenters. The molecule has 1 saturated carbocycles. The van der Waals surface area contributed by atoms with Gasteiger partial charge in [-0.05, 0) is 24.8 Å². The molecule has 0 saturated heterocycles. The molecule has 15 heavy (non-hydrogen) atoms. The maximum absolute atomic E-state index is 4.23. The van der Waals surface area contributed by atoms with Crippen LogP contribution in [0.3, 0.4) is 0 Å². The molecule has 0 aliphatic heterocycles. The van der Waals surface area contributed by atoms with Crippen LogP contribution in [0, 0.1) is 5.92 Å². The summed E-state index contributed by atoms with van der Waals surface area (Å²) in [5.41, 5.74) is 1.38.